The van der Waals surface area contributed by atoms with Crippen molar-refractivity contribution < 1.29 is 23.9 Å². The molecule has 0 fully saturated rings. The van der Waals surface area contributed by atoms with E-state index in [9.17, 15) is 14.4 Å². The van der Waals surface area contributed by atoms with E-state index in [-0.39, 0.29) is 23.8 Å². The summed E-state index contributed by atoms with van der Waals surface area (Å²) < 4.78 is 10.7. The van der Waals surface area contributed by atoms with E-state index in [1.807, 2.05) is 58.9 Å². The molecular formula is C31H45N3O5. The lowest BCUT2D eigenvalue weighted by atomic mass is 9.94. The Labute approximate surface area is 233 Å². The second-order valence-electron chi connectivity index (χ2n) is 11.0. The summed E-state index contributed by atoms with van der Waals surface area (Å²) in [7, 11) is 1.58. The van der Waals surface area contributed by atoms with E-state index < -0.39 is 23.8 Å². The van der Waals surface area contributed by atoms with Gasteiger partial charge < -0.3 is 25.0 Å². The number of amides is 3. The summed E-state index contributed by atoms with van der Waals surface area (Å²) in [5, 5.41) is 5.78. The van der Waals surface area contributed by atoms with Crippen molar-refractivity contribution in [3.8, 4) is 5.75 Å². The molecule has 2 rings (SSSR count). The van der Waals surface area contributed by atoms with Crippen LogP contribution in [-0.4, -0.2) is 47.6 Å². The highest BCUT2D eigenvalue weighted by Crippen LogP contribution is 2.30. The van der Waals surface area contributed by atoms with Crippen LogP contribution in [0.5, 0.6) is 5.75 Å². The third kappa shape index (κ3) is 9.01. The van der Waals surface area contributed by atoms with E-state index in [0.29, 0.717) is 29.8 Å². The zero-order valence-corrected chi connectivity index (χ0v) is 24.8. The second kappa shape index (κ2) is 14.0. The van der Waals surface area contributed by atoms with Crippen LogP contribution in [0.2, 0.25) is 0 Å². The number of methoxy groups -OCH3 is 1. The molecule has 0 aliphatic rings. The average Bonchev–Trinajstić information content (AvgIpc) is 2.88. The van der Waals surface area contributed by atoms with Gasteiger partial charge in [-0.15, -0.1) is 0 Å². The van der Waals surface area contributed by atoms with Crippen LogP contribution in [0.15, 0.2) is 48.5 Å². The summed E-state index contributed by atoms with van der Waals surface area (Å²) in [4.78, 5) is 42.7. The first kappa shape index (κ1) is 31.7. The third-order valence-corrected chi connectivity index (χ3v) is 6.71. The van der Waals surface area contributed by atoms with Gasteiger partial charge in [0.25, 0.3) is 5.91 Å². The van der Waals surface area contributed by atoms with Crippen molar-refractivity contribution >= 4 is 23.6 Å². The molecule has 0 saturated heterocycles. The van der Waals surface area contributed by atoms with Crippen molar-refractivity contribution in [1.82, 2.24) is 10.2 Å². The molecule has 0 spiro atoms. The zero-order chi connectivity index (χ0) is 29.3. The van der Waals surface area contributed by atoms with Gasteiger partial charge in [0.15, 0.2) is 0 Å². The molecule has 214 valence electrons. The molecule has 8 heteroatoms. The third-order valence-electron chi connectivity index (χ3n) is 6.71. The smallest absolute Gasteiger partial charge is 0.408 e. The second-order valence-corrected chi connectivity index (χ2v) is 11.0. The van der Waals surface area contributed by atoms with Crippen molar-refractivity contribution in [2.45, 2.75) is 92.0 Å². The SMILES string of the molecule is CCC(C)C(NC(=O)OC(C)(C)C)C(=O)N(C(C)CC)C(C(=O)Nc1ccc(OC)cc1)c1cccc(C)c1. The first-order chi connectivity index (χ1) is 18.3. The van der Waals surface area contributed by atoms with Crippen LogP contribution in [0.1, 0.15) is 78.5 Å². The summed E-state index contributed by atoms with van der Waals surface area (Å²) in [6.45, 7) is 15.0. The van der Waals surface area contributed by atoms with Crippen LogP contribution in [0.3, 0.4) is 0 Å². The van der Waals surface area contributed by atoms with Crippen LogP contribution in [0, 0.1) is 12.8 Å². The Kier molecular flexibility index (Phi) is 11.4. The Balaban J connectivity index is 2.57. The highest BCUT2D eigenvalue weighted by molar-refractivity contribution is 5.99. The van der Waals surface area contributed by atoms with E-state index in [1.54, 1.807) is 57.0 Å². The fraction of sp³-hybridized carbons (Fsp3) is 0.516. The predicted octanol–water partition coefficient (Wildman–Crippen LogP) is 6.25. The number of nitrogens with zero attached hydrogens (tertiary/aromatic N) is 1. The summed E-state index contributed by atoms with van der Waals surface area (Å²) in [5.74, 6) is -0.204. The van der Waals surface area contributed by atoms with Crippen molar-refractivity contribution in [2.75, 3.05) is 12.4 Å². The molecular weight excluding hydrogens is 494 g/mol. The van der Waals surface area contributed by atoms with Gasteiger partial charge >= 0.3 is 6.09 Å². The van der Waals surface area contributed by atoms with Crippen molar-refractivity contribution in [3.05, 3.63) is 59.7 Å². The van der Waals surface area contributed by atoms with Gasteiger partial charge in [-0.2, -0.15) is 0 Å². The summed E-state index contributed by atoms with van der Waals surface area (Å²) in [6, 6.07) is 12.5. The normalized spacial score (nSPS) is 14.4. The van der Waals surface area contributed by atoms with Gasteiger partial charge in [-0.3, -0.25) is 9.59 Å². The maximum Gasteiger partial charge on any atom is 0.408 e. The molecule has 39 heavy (non-hydrogen) atoms. The molecule has 0 saturated carbocycles. The van der Waals surface area contributed by atoms with Crippen LogP contribution < -0.4 is 15.4 Å². The molecule has 0 aromatic heterocycles. The van der Waals surface area contributed by atoms with Crippen LogP contribution in [0.25, 0.3) is 0 Å². The number of rotatable bonds is 11. The quantitative estimate of drug-likeness (QED) is 0.352. The molecule has 0 aliphatic heterocycles. The van der Waals surface area contributed by atoms with E-state index >= 15 is 0 Å². The minimum Gasteiger partial charge on any atom is -0.497 e. The Hall–Kier alpha value is -3.55. The Morgan fingerprint density at radius 3 is 2.13 bits per heavy atom. The number of hydrogen-bond acceptors (Lipinski definition) is 5. The Morgan fingerprint density at radius 2 is 1.62 bits per heavy atom. The standard InChI is InChI=1S/C31H45N3O5/c1-10-21(4)26(33-30(37)39-31(6,7)8)29(36)34(22(5)11-2)27(23-14-12-13-20(3)19-23)28(35)32-24-15-17-25(38-9)18-16-24/h12-19,21-22,26-27H,10-11H2,1-9H3,(H,32,35)(H,33,37). The molecule has 0 aliphatic carbocycles. The number of nitrogens with one attached hydrogen (secondary N) is 2. The summed E-state index contributed by atoms with van der Waals surface area (Å²) in [6.07, 6.45) is 0.595. The van der Waals surface area contributed by atoms with E-state index in [2.05, 4.69) is 10.6 Å². The molecule has 0 radical (unpaired) electrons. The maximum atomic E-state index is 14.3. The molecule has 0 heterocycles. The molecule has 4 unspecified atom stereocenters. The summed E-state index contributed by atoms with van der Waals surface area (Å²) >= 11 is 0. The fourth-order valence-corrected chi connectivity index (χ4v) is 4.24. The number of benzene rings is 2. The lowest BCUT2D eigenvalue weighted by molar-refractivity contribution is -0.144. The number of ether oxygens (including phenoxy) is 2. The lowest BCUT2D eigenvalue weighted by Gasteiger charge is -2.39. The lowest BCUT2D eigenvalue weighted by Crippen LogP contribution is -2.56. The van der Waals surface area contributed by atoms with Gasteiger partial charge in [0.05, 0.1) is 7.11 Å². The number of hydrogen-bond donors (Lipinski definition) is 2. The Bertz CT molecular complexity index is 1110. The number of anilines is 1. The van der Waals surface area contributed by atoms with Gasteiger partial charge in [0.2, 0.25) is 5.91 Å². The monoisotopic (exact) mass is 539 g/mol. The molecule has 0 bridgehead atoms. The number of carbonyl (C=O) groups excluding carboxylic acids is 3. The van der Waals surface area contributed by atoms with E-state index in [4.69, 9.17) is 9.47 Å². The van der Waals surface area contributed by atoms with Gasteiger partial charge in [0, 0.05) is 11.7 Å². The number of alkyl carbamates (subject to hydrolysis) is 1. The summed E-state index contributed by atoms with van der Waals surface area (Å²) in [5.41, 5.74) is 1.53. The van der Waals surface area contributed by atoms with Crippen LogP contribution in [-0.2, 0) is 14.3 Å². The van der Waals surface area contributed by atoms with Crippen molar-refractivity contribution in [2.24, 2.45) is 5.92 Å². The Morgan fingerprint density at radius 1 is 0.974 bits per heavy atom. The van der Waals surface area contributed by atoms with Gasteiger partial charge in [-0.25, -0.2) is 4.79 Å². The van der Waals surface area contributed by atoms with Crippen LogP contribution in [0.4, 0.5) is 10.5 Å². The van der Waals surface area contributed by atoms with E-state index in [1.165, 1.54) is 0 Å². The first-order valence-electron chi connectivity index (χ1n) is 13.6. The fourth-order valence-electron chi connectivity index (χ4n) is 4.24. The maximum absolute atomic E-state index is 14.3. The molecule has 2 aromatic rings. The molecule has 8 nitrogen and oxygen atoms in total. The van der Waals surface area contributed by atoms with Gasteiger partial charge in [0.1, 0.15) is 23.4 Å². The zero-order valence-electron chi connectivity index (χ0n) is 24.8. The molecule has 2 N–H and O–H groups in total. The minimum absolute atomic E-state index is 0.195. The number of aryl methyl sites for hydroxylation is 1. The van der Waals surface area contributed by atoms with Gasteiger partial charge in [-0.05, 0) is 76.8 Å². The van der Waals surface area contributed by atoms with Gasteiger partial charge in [-0.1, -0.05) is 57.0 Å². The minimum atomic E-state index is -0.929. The largest absolute Gasteiger partial charge is 0.497 e. The average molecular weight is 540 g/mol. The topological polar surface area (TPSA) is 97.0 Å². The molecule has 2 aromatic carbocycles. The van der Waals surface area contributed by atoms with E-state index in [0.717, 1.165) is 5.56 Å². The molecule has 3 amide bonds. The van der Waals surface area contributed by atoms with Crippen LogP contribution >= 0.6 is 0 Å². The molecule has 4 atom stereocenters. The van der Waals surface area contributed by atoms with Crippen molar-refractivity contribution in [1.29, 1.82) is 0 Å². The highest BCUT2D eigenvalue weighted by atomic mass is 16.6. The highest BCUT2D eigenvalue weighted by Gasteiger charge is 2.40. The number of carbonyl (C=O) groups is 3. The predicted molar refractivity (Wildman–Crippen MR) is 155 cm³/mol. The van der Waals surface area contributed by atoms with Crippen molar-refractivity contribution in [3.63, 3.8) is 0 Å². The first-order valence-corrected chi connectivity index (χ1v) is 13.6.